The first-order valence-corrected chi connectivity index (χ1v) is 12.8. The number of nitrogens with two attached hydrogens (primary N) is 1. The number of rotatable bonds is 7. The van der Waals surface area contributed by atoms with Crippen LogP contribution in [0.2, 0.25) is 0 Å². The Hall–Kier alpha value is -3.75. The molecular weight excluding hydrogens is 476 g/mol. The maximum atomic E-state index is 13.2. The highest BCUT2D eigenvalue weighted by atomic mass is 32.2. The first kappa shape index (κ1) is 23.0. The van der Waals surface area contributed by atoms with Crippen molar-refractivity contribution in [3.8, 4) is 5.75 Å². The summed E-state index contributed by atoms with van der Waals surface area (Å²) >= 11 is 3.20. The van der Waals surface area contributed by atoms with Gasteiger partial charge >= 0.3 is 0 Å². The van der Waals surface area contributed by atoms with Gasteiger partial charge in [-0.05, 0) is 59.8 Å². The molecule has 0 aliphatic carbocycles. The maximum Gasteiger partial charge on any atom is 0.257 e. The van der Waals surface area contributed by atoms with Crippen molar-refractivity contribution in [2.75, 3.05) is 19.0 Å². The number of carbonyl (C=O) groups is 1. The van der Waals surface area contributed by atoms with Gasteiger partial charge in [0, 0.05) is 16.3 Å². The van der Waals surface area contributed by atoms with Crippen LogP contribution in [0.1, 0.15) is 20.8 Å². The number of nitrogens with zero attached hydrogens (tertiary/aromatic N) is 1. The minimum absolute atomic E-state index is 0.170. The summed E-state index contributed by atoms with van der Waals surface area (Å²) in [6.07, 6.45) is 0.693. The second-order valence-corrected chi connectivity index (χ2v) is 9.92. The average Bonchev–Trinajstić information content (AvgIpc) is 3.43. The van der Waals surface area contributed by atoms with Crippen molar-refractivity contribution in [2.24, 2.45) is 10.7 Å². The van der Waals surface area contributed by atoms with E-state index >= 15 is 0 Å². The number of para-hydroxylation sites is 1. The first-order valence-electron chi connectivity index (χ1n) is 11.1. The third-order valence-electron chi connectivity index (χ3n) is 5.60. The van der Waals surface area contributed by atoms with Crippen LogP contribution in [0.15, 0.2) is 93.0 Å². The highest BCUT2D eigenvalue weighted by Gasteiger charge is 2.25. The summed E-state index contributed by atoms with van der Waals surface area (Å²) in [6.45, 7) is 0.495. The van der Waals surface area contributed by atoms with Crippen LogP contribution in [0, 0.1) is 0 Å². The molecule has 1 aromatic heterocycles. The van der Waals surface area contributed by atoms with Crippen molar-refractivity contribution in [1.29, 1.82) is 0 Å². The lowest BCUT2D eigenvalue weighted by Crippen LogP contribution is -2.27. The Morgan fingerprint density at radius 1 is 1.03 bits per heavy atom. The standard InChI is InChI=1S/C27H24N4O2S2/c1-33-20-12-13-22-25(31-19-5-2-3-6-21(19)35-22)24(20)27(32)29-15-14-17-8-10-18(11-9-17)30-26(28)23-7-4-16-34-23/h2-13,16,31H,14-15H2,1H3,(H2,28,30)(H,29,32). The van der Waals surface area contributed by atoms with Gasteiger partial charge in [-0.2, -0.15) is 0 Å². The van der Waals surface area contributed by atoms with Gasteiger partial charge in [0.15, 0.2) is 0 Å². The molecule has 0 atom stereocenters. The molecule has 5 rings (SSSR count). The van der Waals surface area contributed by atoms with Gasteiger partial charge in [-0.3, -0.25) is 4.79 Å². The van der Waals surface area contributed by atoms with E-state index in [4.69, 9.17) is 10.5 Å². The fraction of sp³-hybridized carbons (Fsp3) is 0.111. The zero-order chi connectivity index (χ0) is 24.2. The number of hydrogen-bond donors (Lipinski definition) is 3. The summed E-state index contributed by atoms with van der Waals surface area (Å²) in [7, 11) is 1.58. The first-order chi connectivity index (χ1) is 17.1. The van der Waals surface area contributed by atoms with Gasteiger partial charge < -0.3 is 21.1 Å². The van der Waals surface area contributed by atoms with E-state index in [2.05, 4.69) is 21.7 Å². The highest BCUT2D eigenvalue weighted by Crippen LogP contribution is 2.47. The van der Waals surface area contributed by atoms with E-state index in [-0.39, 0.29) is 5.91 Å². The minimum atomic E-state index is -0.170. The van der Waals surface area contributed by atoms with Crippen LogP contribution in [-0.4, -0.2) is 25.4 Å². The number of amidine groups is 1. The number of nitrogens with one attached hydrogen (secondary N) is 2. The second kappa shape index (κ2) is 10.2. The van der Waals surface area contributed by atoms with Gasteiger partial charge in [0.1, 0.15) is 17.1 Å². The Morgan fingerprint density at radius 3 is 2.63 bits per heavy atom. The largest absolute Gasteiger partial charge is 0.496 e. The Balaban J connectivity index is 1.25. The maximum absolute atomic E-state index is 13.2. The third-order valence-corrected chi connectivity index (χ3v) is 7.63. The van der Waals surface area contributed by atoms with Crippen LogP contribution in [0.3, 0.4) is 0 Å². The molecule has 1 aliphatic rings. The zero-order valence-electron chi connectivity index (χ0n) is 19.1. The summed E-state index contributed by atoms with van der Waals surface area (Å²) in [5, 5.41) is 8.44. The van der Waals surface area contributed by atoms with Crippen molar-refractivity contribution in [3.63, 3.8) is 0 Å². The number of carbonyl (C=O) groups excluding carboxylic acids is 1. The van der Waals surface area contributed by atoms with Crippen LogP contribution in [0.4, 0.5) is 17.1 Å². The number of thiophene rings is 1. The number of anilines is 2. The summed E-state index contributed by atoms with van der Waals surface area (Å²) < 4.78 is 5.52. The molecule has 4 aromatic rings. The average molecular weight is 501 g/mol. The van der Waals surface area contributed by atoms with Crippen LogP contribution in [-0.2, 0) is 6.42 Å². The predicted octanol–water partition coefficient (Wildman–Crippen LogP) is 5.97. The molecule has 4 N–H and O–H groups in total. The molecule has 6 nitrogen and oxygen atoms in total. The quantitative estimate of drug-likeness (QED) is 0.189. The normalized spacial score (nSPS) is 12.3. The fourth-order valence-corrected chi connectivity index (χ4v) is 5.48. The fourth-order valence-electron chi connectivity index (χ4n) is 3.85. The van der Waals surface area contributed by atoms with Crippen LogP contribution in [0.25, 0.3) is 0 Å². The van der Waals surface area contributed by atoms with Crippen molar-refractivity contribution in [1.82, 2.24) is 5.32 Å². The van der Waals surface area contributed by atoms with E-state index in [0.29, 0.717) is 30.1 Å². The molecule has 176 valence electrons. The topological polar surface area (TPSA) is 88.7 Å². The van der Waals surface area contributed by atoms with Crippen molar-refractivity contribution in [3.05, 3.63) is 94.2 Å². The zero-order valence-corrected chi connectivity index (χ0v) is 20.7. The molecule has 1 amide bonds. The molecule has 0 fully saturated rings. The Morgan fingerprint density at radius 2 is 1.86 bits per heavy atom. The summed E-state index contributed by atoms with van der Waals surface area (Å²) in [6, 6.07) is 23.7. The lowest BCUT2D eigenvalue weighted by molar-refractivity contribution is 0.0952. The van der Waals surface area contributed by atoms with Crippen LogP contribution >= 0.6 is 23.1 Å². The Labute approximate surface area is 212 Å². The predicted molar refractivity (Wildman–Crippen MR) is 144 cm³/mol. The second-order valence-electron chi connectivity index (χ2n) is 7.89. The van der Waals surface area contributed by atoms with Crippen molar-refractivity contribution >= 4 is 51.9 Å². The lowest BCUT2D eigenvalue weighted by atomic mass is 10.1. The molecule has 3 aromatic carbocycles. The van der Waals surface area contributed by atoms with Gasteiger partial charge in [0.2, 0.25) is 0 Å². The minimum Gasteiger partial charge on any atom is -0.496 e. The smallest absolute Gasteiger partial charge is 0.257 e. The molecule has 0 spiro atoms. The van der Waals surface area contributed by atoms with Crippen LogP contribution in [0.5, 0.6) is 5.75 Å². The van der Waals surface area contributed by atoms with Gasteiger partial charge in [-0.25, -0.2) is 4.99 Å². The SMILES string of the molecule is COc1ccc2c(c1C(=O)NCCc1ccc(/N=C(\N)c3cccs3)cc1)Nc1ccccc1S2. The number of amides is 1. The molecular formula is C27H24N4O2S2. The van der Waals surface area contributed by atoms with E-state index < -0.39 is 0 Å². The number of benzene rings is 3. The van der Waals surface area contributed by atoms with Crippen molar-refractivity contribution in [2.45, 2.75) is 16.2 Å². The van der Waals surface area contributed by atoms with Gasteiger partial charge in [-0.15, -0.1) is 11.3 Å². The molecule has 8 heteroatoms. The third kappa shape index (κ3) is 5.03. The van der Waals surface area contributed by atoms with Gasteiger partial charge in [0.05, 0.1) is 29.0 Å². The summed E-state index contributed by atoms with van der Waals surface area (Å²) in [4.78, 5) is 20.8. The molecule has 2 heterocycles. The molecule has 0 unspecified atom stereocenters. The lowest BCUT2D eigenvalue weighted by Gasteiger charge is -2.24. The summed E-state index contributed by atoms with van der Waals surface area (Å²) in [5.74, 6) is 0.880. The monoisotopic (exact) mass is 500 g/mol. The Kier molecular flexibility index (Phi) is 6.74. The number of ether oxygens (including phenoxy) is 1. The van der Waals surface area contributed by atoms with E-state index in [9.17, 15) is 4.79 Å². The molecule has 0 saturated heterocycles. The van der Waals surface area contributed by atoms with Crippen LogP contribution < -0.4 is 21.1 Å². The van der Waals surface area contributed by atoms with E-state index in [0.717, 1.165) is 37.3 Å². The highest BCUT2D eigenvalue weighted by molar-refractivity contribution is 7.99. The Bertz CT molecular complexity index is 1380. The number of fused-ring (bicyclic) bond motifs is 2. The van der Waals surface area contributed by atoms with E-state index in [1.165, 1.54) is 0 Å². The van der Waals surface area contributed by atoms with E-state index in [1.54, 1.807) is 30.2 Å². The molecule has 0 bridgehead atoms. The number of methoxy groups -OCH3 is 1. The van der Waals surface area contributed by atoms with Gasteiger partial charge in [-0.1, -0.05) is 42.1 Å². The molecule has 0 radical (unpaired) electrons. The number of aliphatic imine (C=N–C) groups is 1. The molecule has 0 saturated carbocycles. The summed E-state index contributed by atoms with van der Waals surface area (Å²) in [5.41, 5.74) is 10.2. The van der Waals surface area contributed by atoms with E-state index in [1.807, 2.05) is 72.1 Å². The van der Waals surface area contributed by atoms with Gasteiger partial charge in [0.25, 0.3) is 5.91 Å². The number of hydrogen-bond acceptors (Lipinski definition) is 6. The molecule has 35 heavy (non-hydrogen) atoms. The molecule has 1 aliphatic heterocycles. The van der Waals surface area contributed by atoms with Crippen molar-refractivity contribution < 1.29 is 9.53 Å².